The van der Waals surface area contributed by atoms with Crippen LogP contribution in [-0.2, 0) is 23.8 Å². The highest BCUT2D eigenvalue weighted by molar-refractivity contribution is 5.73. The number of rotatable bonds is 6. The molecule has 5 atom stereocenters. The summed E-state index contributed by atoms with van der Waals surface area (Å²) in [6.45, 7) is 4.29. The fourth-order valence-corrected chi connectivity index (χ4v) is 3.81. The summed E-state index contributed by atoms with van der Waals surface area (Å²) >= 11 is 0. The van der Waals surface area contributed by atoms with Gasteiger partial charge in [-0.3, -0.25) is 9.59 Å². The summed E-state index contributed by atoms with van der Waals surface area (Å²) in [5.41, 5.74) is -0.425. The molecule has 0 amide bonds. The first-order valence-corrected chi connectivity index (χ1v) is 9.51. The highest BCUT2D eigenvalue weighted by Crippen LogP contribution is 2.40. The third-order valence-electron chi connectivity index (χ3n) is 5.53. The van der Waals surface area contributed by atoms with Crippen molar-refractivity contribution in [2.75, 3.05) is 13.2 Å². The number of hydrogen-bond donors (Lipinski definition) is 1. The quantitative estimate of drug-likeness (QED) is 0.581. The maximum atomic E-state index is 12.2. The number of ether oxygens (including phenoxy) is 3. The van der Waals surface area contributed by atoms with Gasteiger partial charge < -0.3 is 19.3 Å². The summed E-state index contributed by atoms with van der Waals surface area (Å²) in [6, 6.07) is 0. The van der Waals surface area contributed by atoms with Crippen LogP contribution in [0.15, 0.2) is 0 Å². The van der Waals surface area contributed by atoms with Crippen LogP contribution in [0.4, 0.5) is 0 Å². The average molecular weight is 354 g/mol. The summed E-state index contributed by atoms with van der Waals surface area (Å²) in [5, 5.41) is 9.67. The van der Waals surface area contributed by atoms with Gasteiger partial charge in [0.2, 0.25) is 0 Å². The third kappa shape index (κ3) is 5.17. The zero-order valence-corrected chi connectivity index (χ0v) is 15.2. The number of carbonyl (C=O) groups is 2. The summed E-state index contributed by atoms with van der Waals surface area (Å²) < 4.78 is 16.4. The zero-order valence-electron chi connectivity index (χ0n) is 15.2. The smallest absolute Gasteiger partial charge is 0.309 e. The standard InChI is InChI=1S/C19H30O6/c1-19(2,10-23-17(21)12-4-3-5-14(20)8-12)11-24-18(22)13-6-7-15-16(9-13)25-15/h12-16,20H,3-11H2,1-2H3. The van der Waals surface area contributed by atoms with E-state index < -0.39 is 11.5 Å². The first-order chi connectivity index (χ1) is 11.8. The molecule has 0 spiro atoms. The van der Waals surface area contributed by atoms with E-state index >= 15 is 0 Å². The molecule has 3 aliphatic rings. The molecule has 5 unspecified atom stereocenters. The summed E-state index contributed by atoms with van der Waals surface area (Å²) in [5.74, 6) is -0.687. The average Bonchev–Trinajstić information content (AvgIpc) is 3.36. The van der Waals surface area contributed by atoms with Crippen LogP contribution in [0.3, 0.4) is 0 Å². The fourth-order valence-electron chi connectivity index (χ4n) is 3.81. The van der Waals surface area contributed by atoms with E-state index in [0.717, 1.165) is 38.5 Å². The minimum absolute atomic E-state index is 0.0640. The van der Waals surface area contributed by atoms with Gasteiger partial charge in [0.25, 0.3) is 0 Å². The molecule has 0 aromatic carbocycles. The molecule has 3 fully saturated rings. The topological polar surface area (TPSA) is 85.4 Å². The van der Waals surface area contributed by atoms with Crippen LogP contribution in [0.2, 0.25) is 0 Å². The van der Waals surface area contributed by atoms with Gasteiger partial charge in [0, 0.05) is 5.41 Å². The maximum absolute atomic E-state index is 12.2. The Kier molecular flexibility index (Phi) is 5.68. The van der Waals surface area contributed by atoms with E-state index in [1.54, 1.807) is 0 Å². The van der Waals surface area contributed by atoms with Crippen LogP contribution >= 0.6 is 0 Å². The maximum Gasteiger partial charge on any atom is 0.309 e. The summed E-state index contributed by atoms with van der Waals surface area (Å²) in [4.78, 5) is 24.4. The predicted octanol–water partition coefficient (Wildman–Crippen LogP) is 2.22. The van der Waals surface area contributed by atoms with Gasteiger partial charge >= 0.3 is 11.9 Å². The lowest BCUT2D eigenvalue weighted by Crippen LogP contribution is -2.33. The molecule has 0 aromatic rings. The van der Waals surface area contributed by atoms with E-state index in [0.29, 0.717) is 12.5 Å². The van der Waals surface area contributed by atoms with Gasteiger partial charge in [-0.25, -0.2) is 0 Å². The fraction of sp³-hybridized carbons (Fsp3) is 0.895. The van der Waals surface area contributed by atoms with E-state index in [1.165, 1.54) is 0 Å². The molecule has 0 bridgehead atoms. The molecular formula is C19H30O6. The Morgan fingerprint density at radius 3 is 2.20 bits per heavy atom. The van der Waals surface area contributed by atoms with Crippen molar-refractivity contribution in [1.29, 1.82) is 0 Å². The number of hydrogen-bond acceptors (Lipinski definition) is 6. The molecule has 0 aromatic heterocycles. The van der Waals surface area contributed by atoms with E-state index in [4.69, 9.17) is 14.2 Å². The van der Waals surface area contributed by atoms with Crippen LogP contribution in [-0.4, -0.2) is 48.6 Å². The van der Waals surface area contributed by atoms with Crippen molar-refractivity contribution in [3.05, 3.63) is 0 Å². The third-order valence-corrected chi connectivity index (χ3v) is 5.53. The first-order valence-electron chi connectivity index (χ1n) is 9.51. The summed E-state index contributed by atoms with van der Waals surface area (Å²) in [6.07, 6.45) is 5.65. The van der Waals surface area contributed by atoms with Gasteiger partial charge in [0.1, 0.15) is 0 Å². The molecule has 1 heterocycles. The van der Waals surface area contributed by atoms with Crippen molar-refractivity contribution in [2.45, 2.75) is 77.1 Å². The van der Waals surface area contributed by atoms with E-state index in [1.807, 2.05) is 13.8 Å². The molecule has 2 saturated carbocycles. The van der Waals surface area contributed by atoms with Crippen LogP contribution in [0.5, 0.6) is 0 Å². The second-order valence-corrected chi connectivity index (χ2v) is 8.62. The van der Waals surface area contributed by atoms with Gasteiger partial charge in [-0.1, -0.05) is 20.3 Å². The molecule has 1 N–H and O–H groups in total. The minimum atomic E-state index is -0.425. The molecule has 6 heteroatoms. The Labute approximate surface area is 149 Å². The van der Waals surface area contributed by atoms with Crippen LogP contribution in [0.25, 0.3) is 0 Å². The normalized spacial score (nSPS) is 34.8. The molecule has 142 valence electrons. The van der Waals surface area contributed by atoms with Crippen molar-refractivity contribution in [1.82, 2.24) is 0 Å². The molecule has 0 radical (unpaired) electrons. The van der Waals surface area contributed by atoms with E-state index in [9.17, 15) is 14.7 Å². The molecule has 6 nitrogen and oxygen atoms in total. The van der Waals surface area contributed by atoms with Crippen molar-refractivity contribution in [2.24, 2.45) is 17.3 Å². The van der Waals surface area contributed by atoms with Gasteiger partial charge in [-0.15, -0.1) is 0 Å². The predicted molar refractivity (Wildman–Crippen MR) is 89.7 cm³/mol. The molecule has 1 saturated heterocycles. The second kappa shape index (κ2) is 7.62. The van der Waals surface area contributed by atoms with Crippen molar-refractivity contribution >= 4 is 11.9 Å². The van der Waals surface area contributed by atoms with Crippen molar-refractivity contribution < 1.29 is 28.9 Å². The molecule has 1 aliphatic heterocycles. The van der Waals surface area contributed by atoms with Gasteiger partial charge in [-0.05, 0) is 38.5 Å². The number of esters is 2. The Balaban J connectivity index is 1.37. The number of epoxide rings is 1. The van der Waals surface area contributed by atoms with Crippen molar-refractivity contribution in [3.8, 4) is 0 Å². The second-order valence-electron chi connectivity index (χ2n) is 8.62. The zero-order chi connectivity index (χ0) is 18.0. The minimum Gasteiger partial charge on any atom is -0.465 e. The molecule has 25 heavy (non-hydrogen) atoms. The van der Waals surface area contributed by atoms with Crippen molar-refractivity contribution in [3.63, 3.8) is 0 Å². The molecule has 3 rings (SSSR count). The van der Waals surface area contributed by atoms with E-state index in [2.05, 4.69) is 0 Å². The Morgan fingerprint density at radius 1 is 0.960 bits per heavy atom. The number of aliphatic hydroxyl groups is 1. The number of carbonyl (C=O) groups excluding carboxylic acids is 2. The summed E-state index contributed by atoms with van der Waals surface area (Å²) in [7, 11) is 0. The SMILES string of the molecule is CC(C)(COC(=O)C1CCCC(O)C1)COC(=O)C1CCC2OC2C1. The lowest BCUT2D eigenvalue weighted by molar-refractivity contribution is -0.159. The lowest BCUT2D eigenvalue weighted by Gasteiger charge is -2.28. The Bertz CT molecular complexity index is 478. The number of fused-ring (bicyclic) bond motifs is 1. The largest absolute Gasteiger partial charge is 0.465 e. The first kappa shape index (κ1) is 18.6. The van der Waals surface area contributed by atoms with Crippen LogP contribution in [0.1, 0.15) is 58.8 Å². The van der Waals surface area contributed by atoms with Crippen LogP contribution < -0.4 is 0 Å². The van der Waals surface area contributed by atoms with Gasteiger partial charge in [-0.2, -0.15) is 0 Å². The highest BCUT2D eigenvalue weighted by Gasteiger charge is 2.46. The van der Waals surface area contributed by atoms with Crippen LogP contribution in [0, 0.1) is 17.3 Å². The Hall–Kier alpha value is -1.14. The van der Waals surface area contributed by atoms with Gasteiger partial charge in [0.05, 0.1) is 43.4 Å². The monoisotopic (exact) mass is 354 g/mol. The van der Waals surface area contributed by atoms with E-state index in [-0.39, 0.29) is 43.1 Å². The Morgan fingerprint density at radius 2 is 1.60 bits per heavy atom. The number of aliphatic hydroxyl groups excluding tert-OH is 1. The lowest BCUT2D eigenvalue weighted by atomic mass is 9.87. The highest BCUT2D eigenvalue weighted by atomic mass is 16.6. The van der Waals surface area contributed by atoms with Gasteiger partial charge in [0.15, 0.2) is 0 Å². The molecular weight excluding hydrogens is 324 g/mol. The molecule has 2 aliphatic carbocycles.